The van der Waals surface area contributed by atoms with E-state index in [4.69, 9.17) is 18.9 Å². The zero-order valence-electron chi connectivity index (χ0n) is 28.9. The minimum absolute atomic E-state index is 0.291. The summed E-state index contributed by atoms with van der Waals surface area (Å²) in [6, 6.07) is 18.0. The normalized spacial score (nSPS) is 10.8. The summed E-state index contributed by atoms with van der Waals surface area (Å²) in [5, 5.41) is 10.1. The van der Waals surface area contributed by atoms with Crippen LogP contribution in [0.5, 0.6) is 23.1 Å². The molecular weight excluding hydrogens is 572 g/mol. The van der Waals surface area contributed by atoms with Gasteiger partial charge in [-0.25, -0.2) is 4.98 Å². The van der Waals surface area contributed by atoms with Crippen LogP contribution in [-0.2, 0) is 0 Å². The van der Waals surface area contributed by atoms with E-state index in [1.165, 1.54) is 89.9 Å². The smallest absolute Gasteiger partial charge is 0.232 e. The lowest BCUT2D eigenvalue weighted by molar-refractivity contribution is 0.284. The fraction of sp³-hybridized carbons (Fsp3) is 0.550. The predicted octanol–water partition coefficient (Wildman–Crippen LogP) is 11.3. The molecule has 0 N–H and O–H groups in total. The Morgan fingerprint density at radius 2 is 1.13 bits per heavy atom. The van der Waals surface area contributed by atoms with Gasteiger partial charge in [0.05, 0.1) is 33.1 Å². The first-order chi connectivity index (χ1) is 22.6. The Labute approximate surface area is 278 Å². The molecule has 0 aliphatic heterocycles. The van der Waals surface area contributed by atoms with Gasteiger partial charge in [0.15, 0.2) is 11.5 Å². The molecule has 3 aromatic rings. The van der Waals surface area contributed by atoms with Crippen molar-refractivity contribution >= 4 is 0 Å². The number of rotatable bonds is 24. The summed E-state index contributed by atoms with van der Waals surface area (Å²) in [4.78, 5) is 4.67. The highest BCUT2D eigenvalue weighted by molar-refractivity contribution is 5.79. The second kappa shape index (κ2) is 21.9. The summed E-state index contributed by atoms with van der Waals surface area (Å²) >= 11 is 0. The SMILES string of the molecule is CCCCCCCCCCOc1ccc(-c2cc(-c3ccc(OCCCCCCCCCC)c(OC)c3)c(C#N)c(OC)n2)cc1. The van der Waals surface area contributed by atoms with Crippen LogP contribution in [0.25, 0.3) is 22.4 Å². The van der Waals surface area contributed by atoms with Gasteiger partial charge >= 0.3 is 0 Å². The molecule has 1 heterocycles. The van der Waals surface area contributed by atoms with Gasteiger partial charge in [-0.15, -0.1) is 0 Å². The van der Waals surface area contributed by atoms with Crippen LogP contribution < -0.4 is 18.9 Å². The van der Waals surface area contributed by atoms with Crippen LogP contribution in [0.2, 0.25) is 0 Å². The van der Waals surface area contributed by atoms with Crippen molar-refractivity contribution in [3.8, 4) is 51.6 Å². The van der Waals surface area contributed by atoms with Crippen LogP contribution in [-0.4, -0.2) is 32.4 Å². The van der Waals surface area contributed by atoms with Gasteiger partial charge in [-0.05, 0) is 60.9 Å². The van der Waals surface area contributed by atoms with Crippen LogP contribution in [0.4, 0.5) is 0 Å². The van der Waals surface area contributed by atoms with Gasteiger partial charge in [-0.2, -0.15) is 5.26 Å². The van der Waals surface area contributed by atoms with Crippen LogP contribution in [0, 0.1) is 11.3 Å². The highest BCUT2D eigenvalue weighted by atomic mass is 16.5. The van der Waals surface area contributed by atoms with Gasteiger partial charge in [-0.3, -0.25) is 0 Å². The molecule has 3 rings (SSSR count). The summed E-state index contributed by atoms with van der Waals surface area (Å²) in [6.45, 7) is 5.88. The molecule has 0 saturated heterocycles. The van der Waals surface area contributed by atoms with E-state index in [2.05, 4.69) is 24.9 Å². The first kappa shape index (κ1) is 36.7. The summed E-state index contributed by atoms with van der Waals surface area (Å²) in [6.07, 6.45) is 20.3. The monoisotopic (exact) mass is 628 g/mol. The third-order valence-electron chi connectivity index (χ3n) is 8.44. The first-order valence-electron chi connectivity index (χ1n) is 17.7. The lowest BCUT2D eigenvalue weighted by atomic mass is 9.98. The van der Waals surface area contributed by atoms with Crippen molar-refractivity contribution in [1.29, 1.82) is 5.26 Å². The number of methoxy groups -OCH3 is 2. The van der Waals surface area contributed by atoms with E-state index >= 15 is 0 Å². The Bertz CT molecular complexity index is 1320. The maximum atomic E-state index is 10.1. The average molecular weight is 629 g/mol. The van der Waals surface area contributed by atoms with Gasteiger partial charge in [-0.1, -0.05) is 110 Å². The Hall–Kier alpha value is -3.72. The molecule has 46 heavy (non-hydrogen) atoms. The molecule has 0 aliphatic carbocycles. The Morgan fingerprint density at radius 1 is 0.587 bits per heavy atom. The Balaban J connectivity index is 1.63. The highest BCUT2D eigenvalue weighted by Gasteiger charge is 2.18. The molecule has 6 nitrogen and oxygen atoms in total. The van der Waals surface area contributed by atoms with Gasteiger partial charge in [0, 0.05) is 11.1 Å². The largest absolute Gasteiger partial charge is 0.494 e. The lowest BCUT2D eigenvalue weighted by Gasteiger charge is -2.15. The maximum Gasteiger partial charge on any atom is 0.232 e. The number of nitriles is 1. The van der Waals surface area contributed by atoms with Crippen LogP contribution in [0.15, 0.2) is 48.5 Å². The van der Waals surface area contributed by atoms with E-state index in [1.807, 2.05) is 48.5 Å². The molecule has 0 spiro atoms. The number of unbranched alkanes of at least 4 members (excludes halogenated alkanes) is 14. The second-order valence-electron chi connectivity index (χ2n) is 12.1. The summed E-state index contributed by atoms with van der Waals surface area (Å²) in [7, 11) is 3.19. The number of nitrogens with zero attached hydrogens (tertiary/aromatic N) is 2. The number of hydrogen-bond acceptors (Lipinski definition) is 6. The predicted molar refractivity (Wildman–Crippen MR) is 189 cm³/mol. The zero-order valence-corrected chi connectivity index (χ0v) is 28.9. The molecule has 0 fully saturated rings. The molecule has 250 valence electrons. The van der Waals surface area contributed by atoms with Gasteiger partial charge in [0.1, 0.15) is 17.4 Å². The van der Waals surface area contributed by atoms with Crippen molar-refractivity contribution in [2.75, 3.05) is 27.4 Å². The second-order valence-corrected chi connectivity index (χ2v) is 12.1. The third-order valence-corrected chi connectivity index (χ3v) is 8.44. The van der Waals surface area contributed by atoms with Crippen molar-refractivity contribution in [2.24, 2.45) is 0 Å². The lowest BCUT2D eigenvalue weighted by Crippen LogP contribution is -2.01. The van der Waals surface area contributed by atoms with Crippen molar-refractivity contribution < 1.29 is 18.9 Å². The molecule has 0 unspecified atom stereocenters. The maximum absolute atomic E-state index is 10.1. The van der Waals surface area contributed by atoms with Crippen molar-refractivity contribution in [1.82, 2.24) is 4.98 Å². The van der Waals surface area contributed by atoms with E-state index < -0.39 is 0 Å². The average Bonchev–Trinajstić information content (AvgIpc) is 3.09. The fourth-order valence-corrected chi connectivity index (χ4v) is 5.67. The van der Waals surface area contributed by atoms with Gasteiger partial charge in [0.25, 0.3) is 0 Å². The standard InChI is InChI=1S/C40H56N2O4/c1-5-7-9-11-13-15-17-19-27-45-34-24-21-32(22-25-34)37-30-35(36(31-41)40(42-37)44-4)33-23-26-38(39(29-33)43-3)46-28-20-18-16-14-12-10-8-6-2/h21-26,29-30H,5-20,27-28H2,1-4H3. The number of aromatic nitrogens is 1. The summed E-state index contributed by atoms with van der Waals surface area (Å²) < 4.78 is 23.4. The van der Waals surface area contributed by atoms with E-state index in [0.717, 1.165) is 47.6 Å². The van der Waals surface area contributed by atoms with E-state index in [1.54, 1.807) is 14.2 Å². The molecule has 0 saturated carbocycles. The Kier molecular flexibility index (Phi) is 17.5. The van der Waals surface area contributed by atoms with Crippen LogP contribution in [0.3, 0.4) is 0 Å². The van der Waals surface area contributed by atoms with E-state index in [0.29, 0.717) is 29.5 Å². The number of ether oxygens (including phenoxy) is 4. The number of hydrogen-bond donors (Lipinski definition) is 0. The van der Waals surface area contributed by atoms with Crippen molar-refractivity contribution in [3.63, 3.8) is 0 Å². The molecule has 6 heteroatoms. The van der Waals surface area contributed by atoms with Crippen LogP contribution >= 0.6 is 0 Å². The Morgan fingerprint density at radius 3 is 1.67 bits per heavy atom. The third kappa shape index (κ3) is 12.2. The molecule has 0 bridgehead atoms. The highest BCUT2D eigenvalue weighted by Crippen LogP contribution is 2.38. The van der Waals surface area contributed by atoms with Crippen molar-refractivity contribution in [3.05, 3.63) is 54.1 Å². The number of benzene rings is 2. The quantitative estimate of drug-likeness (QED) is 0.0919. The molecule has 2 aromatic carbocycles. The van der Waals surface area contributed by atoms with E-state index in [9.17, 15) is 5.26 Å². The molecule has 0 aliphatic rings. The first-order valence-corrected chi connectivity index (χ1v) is 17.7. The zero-order chi connectivity index (χ0) is 32.8. The molecular formula is C40H56N2O4. The molecule has 0 atom stereocenters. The molecule has 1 aromatic heterocycles. The fourth-order valence-electron chi connectivity index (χ4n) is 5.67. The topological polar surface area (TPSA) is 73.6 Å². The molecule has 0 amide bonds. The number of pyridine rings is 1. The van der Waals surface area contributed by atoms with Crippen LogP contribution in [0.1, 0.15) is 122 Å². The van der Waals surface area contributed by atoms with Gasteiger partial charge in [0.2, 0.25) is 5.88 Å². The van der Waals surface area contributed by atoms with E-state index in [-0.39, 0.29) is 0 Å². The summed E-state index contributed by atoms with van der Waals surface area (Å²) in [5.74, 6) is 2.48. The summed E-state index contributed by atoms with van der Waals surface area (Å²) in [5.41, 5.74) is 3.58. The van der Waals surface area contributed by atoms with Gasteiger partial charge < -0.3 is 18.9 Å². The molecule has 0 radical (unpaired) electrons. The minimum Gasteiger partial charge on any atom is -0.494 e. The van der Waals surface area contributed by atoms with Crippen molar-refractivity contribution in [2.45, 2.75) is 117 Å². The minimum atomic E-state index is 0.291.